The minimum Gasteiger partial charge on any atom is -0.444 e. The first-order valence-corrected chi connectivity index (χ1v) is 11.1. The molecule has 1 aromatic carbocycles. The lowest BCUT2D eigenvalue weighted by atomic mass is 10.0. The number of aryl methyl sites for hydroxylation is 1. The molecule has 174 valence electrons. The van der Waals surface area contributed by atoms with Crippen LogP contribution in [0.15, 0.2) is 56.8 Å². The fourth-order valence-corrected chi connectivity index (χ4v) is 5.06. The lowest BCUT2D eigenvalue weighted by Gasteiger charge is -2.29. The Morgan fingerprint density at radius 2 is 1.91 bits per heavy atom. The fourth-order valence-electron chi connectivity index (χ4n) is 3.82. The Balaban J connectivity index is 2.04. The number of thiophene rings is 1. The molecule has 0 aliphatic rings. The van der Waals surface area contributed by atoms with Crippen LogP contribution in [0.4, 0.5) is 0 Å². The molecule has 4 aromatic rings. The third-order valence-corrected chi connectivity index (χ3v) is 7.15. The lowest BCUT2D eigenvalue weighted by Crippen LogP contribution is -2.54. The Bertz CT molecular complexity index is 1380. The predicted octanol–water partition coefficient (Wildman–Crippen LogP) is 2.62. The summed E-state index contributed by atoms with van der Waals surface area (Å²) in [5.74, 6) is 0.339. The van der Waals surface area contributed by atoms with E-state index >= 15 is 0 Å². The van der Waals surface area contributed by atoms with Crippen LogP contribution in [0.5, 0.6) is 0 Å². The summed E-state index contributed by atoms with van der Waals surface area (Å²) in [5.41, 5.74) is -1.38. The highest BCUT2D eigenvalue weighted by Gasteiger charge is 2.35. The molecule has 9 nitrogen and oxygen atoms in total. The third-order valence-electron chi connectivity index (χ3n) is 5.85. The maximum Gasteiger partial charge on any atom is 0.332 e. The molecule has 0 spiro atoms. The quantitative estimate of drug-likeness (QED) is 0.398. The average molecular weight is 472 g/mol. The second-order valence-corrected chi connectivity index (χ2v) is 9.27. The topological polar surface area (TPSA) is 120 Å². The number of methoxy groups -OCH3 is 1. The van der Waals surface area contributed by atoms with E-state index in [1.165, 1.54) is 42.2 Å². The average Bonchev–Trinajstić information content (AvgIpc) is 3.42. The standard InChI is InChI=1S/C23H25N3O6S/c1-13-16-19(27)26(23(2,3)21(28)29)22(30)25(12-15(31-4)14-8-6-5-7-9-14)20(16)33-17(13)18-24-10-11-32-18/h5-11,15,21,28-29H,12H2,1-4H3/t15-/m0/s1. The molecule has 0 aliphatic carbocycles. The molecule has 1 atom stereocenters. The van der Waals surface area contributed by atoms with Crippen LogP contribution in [0.25, 0.3) is 21.0 Å². The van der Waals surface area contributed by atoms with Crippen molar-refractivity contribution in [3.05, 3.63) is 74.8 Å². The number of benzene rings is 1. The van der Waals surface area contributed by atoms with Gasteiger partial charge in [0.1, 0.15) is 17.2 Å². The monoisotopic (exact) mass is 471 g/mol. The first-order chi connectivity index (χ1) is 15.7. The summed E-state index contributed by atoms with van der Waals surface area (Å²) in [6.45, 7) is 4.72. The normalized spacial score (nSPS) is 13.2. The number of fused-ring (bicyclic) bond motifs is 1. The van der Waals surface area contributed by atoms with E-state index in [9.17, 15) is 19.8 Å². The lowest BCUT2D eigenvalue weighted by molar-refractivity contribution is -0.116. The van der Waals surface area contributed by atoms with E-state index in [0.717, 1.165) is 10.1 Å². The molecule has 10 heteroatoms. The molecule has 3 aromatic heterocycles. The SMILES string of the molecule is CO[C@@H](Cn1c(=O)n(C(C)(C)C(O)O)c(=O)c2c(C)c(-c3ncco3)sc21)c1ccccc1. The van der Waals surface area contributed by atoms with Crippen molar-refractivity contribution in [2.24, 2.45) is 0 Å². The molecular formula is C23H25N3O6S. The molecule has 0 radical (unpaired) electrons. The number of aromatic nitrogens is 3. The first-order valence-electron chi connectivity index (χ1n) is 10.3. The van der Waals surface area contributed by atoms with Gasteiger partial charge in [-0.3, -0.25) is 9.36 Å². The van der Waals surface area contributed by atoms with Gasteiger partial charge in [0.25, 0.3) is 5.56 Å². The summed E-state index contributed by atoms with van der Waals surface area (Å²) in [5, 5.41) is 20.2. The Labute approximate surface area is 193 Å². The predicted molar refractivity (Wildman–Crippen MR) is 124 cm³/mol. The van der Waals surface area contributed by atoms with E-state index < -0.39 is 29.2 Å². The van der Waals surface area contributed by atoms with Crippen LogP contribution < -0.4 is 11.2 Å². The minimum absolute atomic E-state index is 0.110. The summed E-state index contributed by atoms with van der Waals surface area (Å²) >= 11 is 1.22. The van der Waals surface area contributed by atoms with Crippen LogP contribution in [0.2, 0.25) is 0 Å². The highest BCUT2D eigenvalue weighted by atomic mass is 32.1. The molecular weight excluding hydrogens is 446 g/mol. The summed E-state index contributed by atoms with van der Waals surface area (Å²) in [7, 11) is 1.55. The summed E-state index contributed by atoms with van der Waals surface area (Å²) in [6.07, 6.45) is 0.525. The Hall–Kier alpha value is -3.05. The molecule has 0 amide bonds. The van der Waals surface area contributed by atoms with Crippen LogP contribution in [0.1, 0.15) is 31.1 Å². The number of hydrogen-bond donors (Lipinski definition) is 2. The van der Waals surface area contributed by atoms with Crippen molar-refractivity contribution >= 4 is 21.6 Å². The van der Waals surface area contributed by atoms with Gasteiger partial charge >= 0.3 is 5.69 Å². The molecule has 0 fully saturated rings. The zero-order valence-electron chi connectivity index (χ0n) is 18.7. The molecule has 0 saturated carbocycles. The van der Waals surface area contributed by atoms with Crippen LogP contribution in [-0.4, -0.2) is 37.7 Å². The van der Waals surface area contributed by atoms with E-state index in [-0.39, 0.29) is 6.54 Å². The van der Waals surface area contributed by atoms with E-state index in [4.69, 9.17) is 9.15 Å². The second kappa shape index (κ2) is 8.71. The smallest absolute Gasteiger partial charge is 0.332 e. The van der Waals surface area contributed by atoms with Crippen molar-refractivity contribution < 1.29 is 19.4 Å². The van der Waals surface area contributed by atoms with Crippen LogP contribution in [0, 0.1) is 6.92 Å². The van der Waals surface area contributed by atoms with Crippen molar-refractivity contribution in [3.63, 3.8) is 0 Å². The Morgan fingerprint density at radius 3 is 2.48 bits per heavy atom. The van der Waals surface area contributed by atoms with E-state index in [1.54, 1.807) is 14.0 Å². The number of ether oxygens (including phenoxy) is 1. The third kappa shape index (κ3) is 3.84. The second-order valence-electron chi connectivity index (χ2n) is 8.27. The number of nitrogens with zero attached hydrogens (tertiary/aromatic N) is 3. The fraction of sp³-hybridized carbons (Fsp3) is 0.348. The van der Waals surface area contributed by atoms with Crippen LogP contribution in [-0.2, 0) is 16.8 Å². The molecule has 4 rings (SSSR count). The van der Waals surface area contributed by atoms with Gasteiger partial charge < -0.3 is 19.4 Å². The van der Waals surface area contributed by atoms with Crippen molar-refractivity contribution in [1.29, 1.82) is 0 Å². The van der Waals surface area contributed by atoms with Gasteiger partial charge in [-0.25, -0.2) is 14.3 Å². The maximum atomic E-state index is 13.7. The Morgan fingerprint density at radius 1 is 1.21 bits per heavy atom. The molecule has 3 heterocycles. The number of oxazole rings is 1. The van der Waals surface area contributed by atoms with Gasteiger partial charge in [0, 0.05) is 7.11 Å². The van der Waals surface area contributed by atoms with E-state index in [1.807, 2.05) is 30.3 Å². The van der Waals surface area contributed by atoms with Gasteiger partial charge in [-0.1, -0.05) is 30.3 Å². The molecule has 0 aliphatic heterocycles. The number of aliphatic hydroxyl groups is 2. The summed E-state index contributed by atoms with van der Waals surface area (Å²) in [4.78, 5) is 32.4. The number of rotatable bonds is 7. The van der Waals surface area contributed by atoms with Gasteiger partial charge in [-0.15, -0.1) is 11.3 Å². The first kappa shape index (κ1) is 23.1. The van der Waals surface area contributed by atoms with Crippen molar-refractivity contribution in [2.75, 3.05) is 7.11 Å². The minimum atomic E-state index is -1.94. The van der Waals surface area contributed by atoms with Crippen molar-refractivity contribution in [1.82, 2.24) is 14.1 Å². The van der Waals surface area contributed by atoms with Crippen LogP contribution >= 0.6 is 11.3 Å². The van der Waals surface area contributed by atoms with Crippen LogP contribution in [0.3, 0.4) is 0 Å². The zero-order valence-corrected chi connectivity index (χ0v) is 19.5. The number of aliphatic hydroxyl groups excluding tert-OH is 1. The molecule has 0 saturated heterocycles. The van der Waals surface area contributed by atoms with Gasteiger partial charge in [0.15, 0.2) is 6.29 Å². The highest BCUT2D eigenvalue weighted by Crippen LogP contribution is 2.36. The largest absolute Gasteiger partial charge is 0.444 e. The van der Waals surface area contributed by atoms with Crippen molar-refractivity contribution in [3.8, 4) is 10.8 Å². The highest BCUT2D eigenvalue weighted by molar-refractivity contribution is 7.22. The molecule has 33 heavy (non-hydrogen) atoms. The van der Waals surface area contributed by atoms with Gasteiger partial charge in [-0.05, 0) is 31.9 Å². The Kier molecular flexibility index (Phi) is 6.10. The van der Waals surface area contributed by atoms with Crippen molar-refractivity contribution in [2.45, 2.75) is 45.2 Å². The van der Waals surface area contributed by atoms with Gasteiger partial charge in [0.05, 0.1) is 28.5 Å². The van der Waals surface area contributed by atoms with E-state index in [2.05, 4.69) is 4.98 Å². The molecule has 2 N–H and O–H groups in total. The summed E-state index contributed by atoms with van der Waals surface area (Å²) < 4.78 is 13.5. The van der Waals surface area contributed by atoms with E-state index in [0.29, 0.717) is 26.5 Å². The zero-order chi connectivity index (χ0) is 23.9. The molecule has 0 bridgehead atoms. The molecule has 0 unspecified atom stereocenters. The summed E-state index contributed by atoms with van der Waals surface area (Å²) in [6, 6.07) is 9.43. The van der Waals surface area contributed by atoms with Gasteiger partial charge in [0.2, 0.25) is 5.89 Å². The van der Waals surface area contributed by atoms with Gasteiger partial charge in [-0.2, -0.15) is 0 Å². The number of hydrogen-bond acceptors (Lipinski definition) is 8. The maximum absolute atomic E-state index is 13.7.